The highest BCUT2D eigenvalue weighted by Gasteiger charge is 2.01. The number of aliphatic imine (C=N–C) groups is 1. The number of guanidine groups is 1. The lowest BCUT2D eigenvalue weighted by Gasteiger charge is -2.13. The molecule has 0 unspecified atom stereocenters. The van der Waals surface area contributed by atoms with E-state index in [1.54, 1.807) is 14.2 Å². The molecule has 0 radical (unpaired) electrons. The maximum absolute atomic E-state index is 5.17. The molecule has 2 N–H and O–H groups in total. The van der Waals surface area contributed by atoms with Gasteiger partial charge in [0.25, 0.3) is 0 Å². The molecule has 0 bridgehead atoms. The summed E-state index contributed by atoms with van der Waals surface area (Å²) in [4.78, 5) is 6.44. The predicted octanol–water partition coefficient (Wildman–Crippen LogP) is 2.62. The summed E-state index contributed by atoms with van der Waals surface area (Å²) < 4.78 is 5.17. The van der Waals surface area contributed by atoms with E-state index in [9.17, 15) is 0 Å². The lowest BCUT2D eigenvalue weighted by atomic mass is 10.1. The van der Waals surface area contributed by atoms with E-state index in [1.165, 1.54) is 16.7 Å². The van der Waals surface area contributed by atoms with Crippen LogP contribution >= 0.6 is 0 Å². The summed E-state index contributed by atoms with van der Waals surface area (Å²) in [5.41, 5.74) is 3.72. The molecule has 0 atom stereocenters. The van der Waals surface area contributed by atoms with E-state index in [2.05, 4.69) is 58.9 Å². The maximum Gasteiger partial charge on any atom is 0.191 e. The van der Waals surface area contributed by atoms with Gasteiger partial charge in [-0.3, -0.25) is 4.99 Å². The Hall–Kier alpha value is -2.53. The maximum atomic E-state index is 5.17. The Morgan fingerprint density at radius 1 is 0.880 bits per heavy atom. The Morgan fingerprint density at radius 3 is 1.80 bits per heavy atom. The number of rotatable bonds is 7. The van der Waals surface area contributed by atoms with Crippen LogP contribution in [0.1, 0.15) is 16.7 Å². The van der Waals surface area contributed by atoms with Crippen LogP contribution in [0.3, 0.4) is 0 Å². The van der Waals surface area contributed by atoms with Crippen molar-refractivity contribution in [3.05, 3.63) is 65.2 Å². The average molecular weight is 340 g/mol. The second kappa shape index (κ2) is 9.69. The first kappa shape index (κ1) is 18.8. The van der Waals surface area contributed by atoms with E-state index in [4.69, 9.17) is 4.74 Å². The molecule has 0 saturated carbocycles. The van der Waals surface area contributed by atoms with Gasteiger partial charge in [-0.25, -0.2) is 0 Å². The summed E-state index contributed by atoms with van der Waals surface area (Å²) in [6, 6.07) is 16.7. The van der Waals surface area contributed by atoms with Gasteiger partial charge in [0, 0.05) is 26.7 Å². The minimum absolute atomic E-state index is 0.714. The molecule has 0 aliphatic heterocycles. The number of benzene rings is 2. The van der Waals surface area contributed by atoms with Crippen molar-refractivity contribution in [1.82, 2.24) is 15.5 Å². The number of hydrogen-bond acceptors (Lipinski definition) is 3. The van der Waals surface area contributed by atoms with Crippen LogP contribution in [0.4, 0.5) is 0 Å². The summed E-state index contributed by atoms with van der Waals surface area (Å²) >= 11 is 0. The molecule has 5 heteroatoms. The molecule has 0 aliphatic rings. The largest absolute Gasteiger partial charge is 0.497 e. The molecule has 134 valence electrons. The van der Waals surface area contributed by atoms with Gasteiger partial charge in [0.15, 0.2) is 5.96 Å². The van der Waals surface area contributed by atoms with Gasteiger partial charge in [0.2, 0.25) is 0 Å². The van der Waals surface area contributed by atoms with Crippen molar-refractivity contribution in [2.75, 3.05) is 28.3 Å². The zero-order valence-corrected chi connectivity index (χ0v) is 15.5. The second-order valence-electron chi connectivity index (χ2n) is 6.18. The van der Waals surface area contributed by atoms with Crippen LogP contribution in [-0.2, 0) is 19.6 Å². The molecule has 0 aromatic heterocycles. The number of ether oxygens (including phenoxy) is 1. The average Bonchev–Trinajstić information content (AvgIpc) is 2.63. The molecule has 0 aliphatic carbocycles. The predicted molar refractivity (Wildman–Crippen MR) is 104 cm³/mol. The summed E-state index contributed by atoms with van der Waals surface area (Å²) in [5.74, 6) is 1.65. The Kier molecular flexibility index (Phi) is 7.29. The van der Waals surface area contributed by atoms with Crippen molar-refractivity contribution in [3.63, 3.8) is 0 Å². The van der Waals surface area contributed by atoms with E-state index in [0.29, 0.717) is 6.54 Å². The van der Waals surface area contributed by atoms with Gasteiger partial charge in [-0.2, -0.15) is 0 Å². The Balaban J connectivity index is 1.81. The van der Waals surface area contributed by atoms with E-state index in [-0.39, 0.29) is 0 Å². The topological polar surface area (TPSA) is 48.9 Å². The van der Waals surface area contributed by atoms with Gasteiger partial charge >= 0.3 is 0 Å². The highest BCUT2D eigenvalue weighted by molar-refractivity contribution is 5.79. The summed E-state index contributed by atoms with van der Waals surface area (Å²) in [7, 11) is 7.61. The van der Waals surface area contributed by atoms with Crippen LogP contribution in [0.5, 0.6) is 5.75 Å². The number of methoxy groups -OCH3 is 1. The highest BCUT2D eigenvalue weighted by atomic mass is 16.5. The molecule has 0 spiro atoms. The monoisotopic (exact) mass is 340 g/mol. The fourth-order valence-electron chi connectivity index (χ4n) is 2.46. The van der Waals surface area contributed by atoms with E-state index < -0.39 is 0 Å². The van der Waals surface area contributed by atoms with E-state index in [1.807, 2.05) is 24.3 Å². The van der Waals surface area contributed by atoms with Crippen LogP contribution in [0.2, 0.25) is 0 Å². The zero-order chi connectivity index (χ0) is 18.1. The first-order valence-corrected chi connectivity index (χ1v) is 8.40. The van der Waals surface area contributed by atoms with Crippen molar-refractivity contribution < 1.29 is 4.74 Å². The molecule has 0 fully saturated rings. The van der Waals surface area contributed by atoms with E-state index in [0.717, 1.165) is 24.8 Å². The molecule has 0 saturated heterocycles. The smallest absolute Gasteiger partial charge is 0.191 e. The third-order valence-corrected chi connectivity index (χ3v) is 3.82. The molecule has 0 amide bonds. The Morgan fingerprint density at radius 2 is 1.36 bits per heavy atom. The first-order valence-electron chi connectivity index (χ1n) is 8.40. The fourth-order valence-corrected chi connectivity index (χ4v) is 2.46. The lowest BCUT2D eigenvalue weighted by molar-refractivity contribution is 0.402. The number of nitrogens with one attached hydrogen (secondary N) is 2. The van der Waals surface area contributed by atoms with Gasteiger partial charge in [-0.05, 0) is 42.9 Å². The van der Waals surface area contributed by atoms with Crippen LogP contribution < -0.4 is 15.4 Å². The minimum atomic E-state index is 0.714. The van der Waals surface area contributed by atoms with Gasteiger partial charge < -0.3 is 20.3 Å². The zero-order valence-electron chi connectivity index (χ0n) is 15.5. The van der Waals surface area contributed by atoms with Gasteiger partial charge in [0.05, 0.1) is 7.11 Å². The molecule has 2 rings (SSSR count). The van der Waals surface area contributed by atoms with Gasteiger partial charge in [0.1, 0.15) is 5.75 Å². The number of nitrogens with zero attached hydrogens (tertiary/aromatic N) is 2. The van der Waals surface area contributed by atoms with Crippen molar-refractivity contribution in [2.45, 2.75) is 19.6 Å². The van der Waals surface area contributed by atoms with Crippen molar-refractivity contribution in [3.8, 4) is 5.75 Å². The quantitative estimate of drug-likeness (QED) is 0.601. The third-order valence-electron chi connectivity index (χ3n) is 3.82. The van der Waals surface area contributed by atoms with E-state index >= 15 is 0 Å². The van der Waals surface area contributed by atoms with Crippen molar-refractivity contribution in [1.29, 1.82) is 0 Å². The normalized spacial score (nSPS) is 11.5. The minimum Gasteiger partial charge on any atom is -0.497 e. The summed E-state index contributed by atoms with van der Waals surface area (Å²) in [6.07, 6.45) is 0. The molecule has 2 aromatic rings. The third kappa shape index (κ3) is 6.47. The molecule has 5 nitrogen and oxygen atoms in total. The SMILES string of the molecule is CN=C(NCc1ccc(CN(C)C)cc1)NCc1ccc(OC)cc1. The molecular formula is C20H28N4O. The van der Waals surface area contributed by atoms with Crippen molar-refractivity contribution >= 4 is 5.96 Å². The Labute approximate surface area is 150 Å². The van der Waals surface area contributed by atoms with Crippen molar-refractivity contribution in [2.24, 2.45) is 4.99 Å². The summed E-state index contributed by atoms with van der Waals surface area (Å²) in [5, 5.41) is 6.66. The fraction of sp³-hybridized carbons (Fsp3) is 0.350. The highest BCUT2D eigenvalue weighted by Crippen LogP contribution is 2.11. The lowest BCUT2D eigenvalue weighted by Crippen LogP contribution is -2.36. The van der Waals surface area contributed by atoms with Crippen LogP contribution in [0.25, 0.3) is 0 Å². The second-order valence-corrected chi connectivity index (χ2v) is 6.18. The molecule has 25 heavy (non-hydrogen) atoms. The molecule has 0 heterocycles. The summed E-state index contributed by atoms with van der Waals surface area (Å²) in [6.45, 7) is 2.41. The number of hydrogen-bond donors (Lipinski definition) is 2. The van der Waals surface area contributed by atoms with Crippen LogP contribution in [0.15, 0.2) is 53.5 Å². The first-order chi connectivity index (χ1) is 12.1. The molecular weight excluding hydrogens is 312 g/mol. The van der Waals surface area contributed by atoms with Crippen LogP contribution in [0, 0.1) is 0 Å². The molecule has 2 aromatic carbocycles. The van der Waals surface area contributed by atoms with Gasteiger partial charge in [-0.15, -0.1) is 0 Å². The Bertz CT molecular complexity index is 663. The van der Waals surface area contributed by atoms with Crippen LogP contribution in [-0.4, -0.2) is 39.1 Å². The standard InChI is InChI=1S/C20H28N4O/c1-21-20(23-14-17-9-11-19(25-4)12-10-17)22-13-16-5-7-18(8-6-16)15-24(2)3/h5-12H,13-15H2,1-4H3,(H2,21,22,23). The van der Waals surface area contributed by atoms with Gasteiger partial charge in [-0.1, -0.05) is 36.4 Å².